The first-order chi connectivity index (χ1) is 12.0. The highest BCUT2D eigenvalue weighted by Gasteiger charge is 2.36. The number of likely N-dealkylation sites (tertiary alicyclic amines) is 1. The van der Waals surface area contributed by atoms with Gasteiger partial charge in [-0.15, -0.1) is 11.3 Å². The summed E-state index contributed by atoms with van der Waals surface area (Å²) in [7, 11) is 0. The summed E-state index contributed by atoms with van der Waals surface area (Å²) in [5, 5.41) is 21.5. The average Bonchev–Trinajstić information content (AvgIpc) is 3.15. The van der Waals surface area contributed by atoms with Gasteiger partial charge in [-0.1, -0.05) is 18.2 Å². The lowest BCUT2D eigenvalue weighted by atomic mass is 9.84. The van der Waals surface area contributed by atoms with E-state index in [4.69, 9.17) is 9.84 Å². The highest BCUT2D eigenvalue weighted by molar-refractivity contribution is 7.12. The van der Waals surface area contributed by atoms with Crippen LogP contribution in [0.4, 0.5) is 0 Å². The second-order valence-electron chi connectivity index (χ2n) is 6.01. The van der Waals surface area contributed by atoms with Gasteiger partial charge in [-0.2, -0.15) is 0 Å². The number of nitrogens with zero attached hydrogens (tertiary/aromatic N) is 1. The first-order valence-corrected chi connectivity index (χ1v) is 8.86. The summed E-state index contributed by atoms with van der Waals surface area (Å²) in [4.78, 5) is 25.5. The van der Waals surface area contributed by atoms with Crippen molar-refractivity contribution >= 4 is 23.2 Å². The van der Waals surface area contributed by atoms with Crippen LogP contribution in [-0.4, -0.2) is 46.7 Å². The lowest BCUT2D eigenvalue weighted by molar-refractivity contribution is -0.139. The van der Waals surface area contributed by atoms with Crippen molar-refractivity contribution in [2.45, 2.75) is 18.4 Å². The Bertz CT molecular complexity index is 751. The number of benzene rings is 1. The number of ether oxygens (including phenoxy) is 1. The number of carboxylic acids is 1. The largest absolute Gasteiger partial charge is 0.482 e. The topological polar surface area (TPSA) is 87.1 Å². The molecular weight excluding hydrogens is 342 g/mol. The molecule has 3 rings (SSSR count). The van der Waals surface area contributed by atoms with E-state index in [1.54, 1.807) is 35.2 Å². The van der Waals surface area contributed by atoms with Crippen LogP contribution < -0.4 is 4.74 Å². The number of carboxylic acid groups (broad SMARTS) is 1. The van der Waals surface area contributed by atoms with Gasteiger partial charge in [0.05, 0.1) is 10.5 Å². The summed E-state index contributed by atoms with van der Waals surface area (Å²) in [5.74, 6) is -0.648. The molecule has 0 spiro atoms. The van der Waals surface area contributed by atoms with Gasteiger partial charge in [0.1, 0.15) is 5.75 Å². The number of amides is 1. The molecule has 1 aromatic heterocycles. The van der Waals surface area contributed by atoms with E-state index in [2.05, 4.69) is 0 Å². The highest BCUT2D eigenvalue weighted by atomic mass is 32.1. The Morgan fingerprint density at radius 1 is 1.20 bits per heavy atom. The van der Waals surface area contributed by atoms with Crippen molar-refractivity contribution in [1.29, 1.82) is 0 Å². The van der Waals surface area contributed by atoms with Gasteiger partial charge < -0.3 is 19.8 Å². The molecule has 0 saturated carbocycles. The fraction of sp³-hybridized carbons (Fsp3) is 0.333. The van der Waals surface area contributed by atoms with Crippen LogP contribution in [0, 0.1) is 0 Å². The number of aliphatic carboxylic acids is 1. The monoisotopic (exact) mass is 361 g/mol. The van der Waals surface area contributed by atoms with Gasteiger partial charge in [0, 0.05) is 13.1 Å². The first kappa shape index (κ1) is 17.4. The van der Waals surface area contributed by atoms with Crippen LogP contribution in [0.25, 0.3) is 0 Å². The van der Waals surface area contributed by atoms with E-state index in [1.165, 1.54) is 11.3 Å². The summed E-state index contributed by atoms with van der Waals surface area (Å²) in [6.45, 7) is 0.506. The Kier molecular flexibility index (Phi) is 5.06. The summed E-state index contributed by atoms with van der Waals surface area (Å²) in [5.41, 5.74) is -0.368. The zero-order valence-electron chi connectivity index (χ0n) is 13.6. The lowest BCUT2D eigenvalue weighted by Crippen LogP contribution is -2.45. The van der Waals surface area contributed by atoms with Gasteiger partial charge in [-0.05, 0) is 42.0 Å². The number of hydrogen-bond donors (Lipinski definition) is 2. The van der Waals surface area contributed by atoms with E-state index in [0.717, 1.165) is 0 Å². The fourth-order valence-electron chi connectivity index (χ4n) is 2.94. The zero-order valence-corrected chi connectivity index (χ0v) is 14.4. The van der Waals surface area contributed by atoms with Crippen LogP contribution in [0.1, 0.15) is 28.1 Å². The quantitative estimate of drug-likeness (QED) is 0.854. The van der Waals surface area contributed by atoms with Crippen molar-refractivity contribution in [2.75, 3.05) is 19.7 Å². The summed E-state index contributed by atoms with van der Waals surface area (Å²) in [6, 6.07) is 10.5. The van der Waals surface area contributed by atoms with E-state index in [1.807, 2.05) is 11.4 Å². The van der Waals surface area contributed by atoms with Crippen molar-refractivity contribution in [1.82, 2.24) is 4.90 Å². The predicted molar refractivity (Wildman–Crippen MR) is 92.9 cm³/mol. The second-order valence-corrected chi connectivity index (χ2v) is 6.96. The van der Waals surface area contributed by atoms with E-state index in [9.17, 15) is 14.7 Å². The molecule has 0 radical (unpaired) electrons. The van der Waals surface area contributed by atoms with Gasteiger partial charge in [0.15, 0.2) is 6.61 Å². The van der Waals surface area contributed by atoms with Crippen LogP contribution in [0.15, 0.2) is 41.8 Å². The third-order valence-corrected chi connectivity index (χ3v) is 5.20. The van der Waals surface area contributed by atoms with Crippen molar-refractivity contribution in [3.63, 3.8) is 0 Å². The van der Waals surface area contributed by atoms with E-state index in [-0.39, 0.29) is 5.91 Å². The molecule has 0 atom stereocenters. The molecule has 1 saturated heterocycles. The Balaban J connectivity index is 1.67. The minimum absolute atomic E-state index is 0.00408. The number of carbonyl (C=O) groups is 2. The molecule has 0 bridgehead atoms. The maximum atomic E-state index is 12.4. The number of hydrogen-bond acceptors (Lipinski definition) is 5. The minimum Gasteiger partial charge on any atom is -0.482 e. The Morgan fingerprint density at radius 3 is 2.60 bits per heavy atom. The molecule has 132 valence electrons. The van der Waals surface area contributed by atoms with E-state index < -0.39 is 18.2 Å². The molecule has 2 aromatic rings. The predicted octanol–water partition coefficient (Wildman–Crippen LogP) is 2.34. The molecule has 2 heterocycles. The Hall–Kier alpha value is -2.38. The normalized spacial score (nSPS) is 16.4. The summed E-state index contributed by atoms with van der Waals surface area (Å²) >= 11 is 1.41. The lowest BCUT2D eigenvalue weighted by Gasteiger charge is -2.38. The molecule has 1 aliphatic rings. The maximum absolute atomic E-state index is 12.4. The van der Waals surface area contributed by atoms with E-state index in [0.29, 0.717) is 42.1 Å². The second kappa shape index (κ2) is 7.25. The van der Waals surface area contributed by atoms with Crippen LogP contribution in [0.3, 0.4) is 0 Å². The molecular formula is C18H19NO5S. The number of piperidine rings is 1. The molecule has 1 aromatic carbocycles. The van der Waals surface area contributed by atoms with Gasteiger partial charge >= 0.3 is 5.97 Å². The number of aliphatic hydroxyl groups is 1. The highest BCUT2D eigenvalue weighted by Crippen LogP contribution is 2.35. The number of thiophene rings is 1. The van der Waals surface area contributed by atoms with Crippen LogP contribution in [0.5, 0.6) is 5.75 Å². The molecule has 6 nitrogen and oxygen atoms in total. The summed E-state index contributed by atoms with van der Waals surface area (Å²) < 4.78 is 5.18. The third kappa shape index (κ3) is 4.00. The molecule has 25 heavy (non-hydrogen) atoms. The SMILES string of the molecule is O=C(O)COc1cccc(C2(O)CCN(C(=O)c3cccs3)CC2)c1. The number of rotatable bonds is 5. The molecule has 0 aliphatic carbocycles. The fourth-order valence-corrected chi connectivity index (χ4v) is 3.64. The van der Waals surface area contributed by atoms with Crippen molar-refractivity contribution in [2.24, 2.45) is 0 Å². The van der Waals surface area contributed by atoms with Crippen molar-refractivity contribution in [3.05, 3.63) is 52.2 Å². The smallest absolute Gasteiger partial charge is 0.341 e. The number of carbonyl (C=O) groups excluding carboxylic acids is 1. The molecule has 1 fully saturated rings. The van der Waals surface area contributed by atoms with E-state index >= 15 is 0 Å². The van der Waals surface area contributed by atoms with Gasteiger partial charge in [0.2, 0.25) is 0 Å². The molecule has 7 heteroatoms. The average molecular weight is 361 g/mol. The molecule has 0 unspecified atom stereocenters. The molecule has 1 aliphatic heterocycles. The van der Waals surface area contributed by atoms with Crippen LogP contribution in [-0.2, 0) is 10.4 Å². The third-order valence-electron chi connectivity index (χ3n) is 4.34. The maximum Gasteiger partial charge on any atom is 0.341 e. The molecule has 2 N–H and O–H groups in total. The molecule has 1 amide bonds. The Morgan fingerprint density at radius 2 is 1.96 bits per heavy atom. The first-order valence-electron chi connectivity index (χ1n) is 7.98. The van der Waals surface area contributed by atoms with Gasteiger partial charge in [0.25, 0.3) is 5.91 Å². The van der Waals surface area contributed by atoms with Crippen molar-refractivity contribution in [3.8, 4) is 5.75 Å². The van der Waals surface area contributed by atoms with Crippen molar-refractivity contribution < 1.29 is 24.5 Å². The standard InChI is InChI=1S/C18H19NO5S/c20-16(21)12-24-14-4-1-3-13(11-14)18(23)6-8-19(9-7-18)17(22)15-5-2-10-25-15/h1-5,10-11,23H,6-9,12H2,(H,20,21). The van der Waals surface area contributed by atoms with Gasteiger partial charge in [-0.3, -0.25) is 4.79 Å². The zero-order chi connectivity index (χ0) is 17.9. The summed E-state index contributed by atoms with van der Waals surface area (Å²) in [6.07, 6.45) is 0.846. The Labute approximate surface area is 149 Å². The van der Waals surface area contributed by atoms with Gasteiger partial charge in [-0.25, -0.2) is 4.79 Å². The minimum atomic E-state index is -1.05. The van der Waals surface area contributed by atoms with Crippen LogP contribution in [0.2, 0.25) is 0 Å². The van der Waals surface area contributed by atoms with Crippen LogP contribution >= 0.6 is 11.3 Å².